The molecule has 1 atom stereocenters. The molecule has 0 aliphatic carbocycles. The molecule has 1 aliphatic rings. The van der Waals surface area contributed by atoms with Crippen LogP contribution in [-0.2, 0) is 0 Å². The Morgan fingerprint density at radius 3 is 2.83 bits per heavy atom. The third-order valence-corrected chi connectivity index (χ3v) is 4.83. The Labute approximate surface area is 178 Å². The van der Waals surface area contributed by atoms with Crippen LogP contribution in [0.3, 0.4) is 0 Å². The SMILES string of the molecule is CCN(CCO)C(/C=C(\N)NC1C=Cc2ncc(/C(C=N)=C/NC)cc2N1C)=C/N. The molecule has 0 bridgehead atoms. The maximum Gasteiger partial charge on any atom is 0.120 e. The summed E-state index contributed by atoms with van der Waals surface area (Å²) in [5, 5.41) is 23.1. The number of hydrogen-bond donors (Lipinski definition) is 6. The largest absolute Gasteiger partial charge is 0.403 e. The molecule has 9 heteroatoms. The minimum Gasteiger partial charge on any atom is -0.403 e. The summed E-state index contributed by atoms with van der Waals surface area (Å²) in [5.41, 5.74) is 16.1. The van der Waals surface area contributed by atoms with E-state index in [1.54, 1.807) is 25.5 Å². The Bertz CT molecular complexity index is 859. The van der Waals surface area contributed by atoms with E-state index in [-0.39, 0.29) is 12.8 Å². The molecule has 0 aromatic carbocycles. The average Bonchev–Trinajstić information content (AvgIpc) is 2.76. The molecule has 1 aromatic rings. The second kappa shape index (κ2) is 10.9. The van der Waals surface area contributed by atoms with E-state index in [0.29, 0.717) is 18.9 Å². The number of likely N-dealkylation sites (N-methyl/N-ethyl adjacent to an activating group) is 2. The van der Waals surface area contributed by atoms with Crippen LogP contribution in [-0.4, -0.2) is 61.2 Å². The van der Waals surface area contributed by atoms with Crippen LogP contribution in [0.2, 0.25) is 0 Å². The highest BCUT2D eigenvalue weighted by Crippen LogP contribution is 2.28. The van der Waals surface area contributed by atoms with Gasteiger partial charge in [0.05, 0.1) is 29.5 Å². The Balaban J connectivity index is 2.23. The Morgan fingerprint density at radius 2 is 2.23 bits per heavy atom. The summed E-state index contributed by atoms with van der Waals surface area (Å²) in [5.74, 6) is 0.451. The lowest BCUT2D eigenvalue weighted by atomic mass is 10.1. The summed E-state index contributed by atoms with van der Waals surface area (Å²) in [6.45, 7) is 3.20. The van der Waals surface area contributed by atoms with Crippen molar-refractivity contribution in [3.63, 3.8) is 0 Å². The number of nitrogens with two attached hydrogens (primary N) is 2. The summed E-state index contributed by atoms with van der Waals surface area (Å²) < 4.78 is 0. The van der Waals surface area contributed by atoms with Gasteiger partial charge >= 0.3 is 0 Å². The van der Waals surface area contributed by atoms with E-state index in [2.05, 4.69) is 15.6 Å². The fourth-order valence-electron chi connectivity index (χ4n) is 3.21. The molecule has 30 heavy (non-hydrogen) atoms. The van der Waals surface area contributed by atoms with E-state index in [4.69, 9.17) is 16.9 Å². The number of fused-ring (bicyclic) bond motifs is 1. The predicted octanol–water partition coefficient (Wildman–Crippen LogP) is 0.585. The minimum absolute atomic E-state index is 0.0340. The number of aliphatic hydroxyl groups excluding tert-OH is 1. The van der Waals surface area contributed by atoms with E-state index in [1.165, 1.54) is 12.4 Å². The first-order chi connectivity index (χ1) is 14.5. The topological polar surface area (TPSA) is 140 Å². The highest BCUT2D eigenvalue weighted by Gasteiger charge is 2.21. The first-order valence-corrected chi connectivity index (χ1v) is 9.79. The van der Waals surface area contributed by atoms with E-state index >= 15 is 0 Å². The molecule has 1 aliphatic heterocycles. The fraction of sp³-hybridized carbons (Fsp3) is 0.333. The van der Waals surface area contributed by atoms with Gasteiger partial charge in [0.1, 0.15) is 6.17 Å². The van der Waals surface area contributed by atoms with Crippen molar-refractivity contribution >= 4 is 23.6 Å². The van der Waals surface area contributed by atoms with Gasteiger partial charge in [-0.15, -0.1) is 0 Å². The summed E-state index contributed by atoms with van der Waals surface area (Å²) in [6.07, 6.45) is 11.8. The molecule has 0 radical (unpaired) electrons. The van der Waals surface area contributed by atoms with Crippen LogP contribution in [0.25, 0.3) is 11.6 Å². The number of nitrogens with zero attached hydrogens (tertiary/aromatic N) is 3. The molecule has 1 aromatic heterocycles. The van der Waals surface area contributed by atoms with Crippen LogP contribution in [0.1, 0.15) is 18.2 Å². The predicted molar refractivity (Wildman–Crippen MR) is 123 cm³/mol. The molecule has 0 spiro atoms. The molecular weight excluding hydrogens is 380 g/mol. The van der Waals surface area contributed by atoms with Gasteiger partial charge in [0.25, 0.3) is 0 Å². The summed E-state index contributed by atoms with van der Waals surface area (Å²) in [7, 11) is 3.75. The van der Waals surface area contributed by atoms with Crippen molar-refractivity contribution in [2.75, 3.05) is 38.7 Å². The van der Waals surface area contributed by atoms with Gasteiger partial charge in [-0.25, -0.2) is 0 Å². The second-order valence-electron chi connectivity index (χ2n) is 6.71. The molecule has 9 nitrogen and oxygen atoms in total. The Kier molecular flexibility index (Phi) is 8.30. The number of hydrogen-bond acceptors (Lipinski definition) is 9. The number of anilines is 1. The normalized spacial score (nSPS) is 16.9. The van der Waals surface area contributed by atoms with Gasteiger partial charge < -0.3 is 42.4 Å². The van der Waals surface area contributed by atoms with Crippen molar-refractivity contribution in [1.29, 1.82) is 5.41 Å². The van der Waals surface area contributed by atoms with Crippen LogP contribution in [0.15, 0.2) is 48.3 Å². The number of aromatic nitrogens is 1. The maximum atomic E-state index is 9.23. The van der Waals surface area contributed by atoms with E-state index in [9.17, 15) is 5.11 Å². The van der Waals surface area contributed by atoms with Crippen molar-refractivity contribution in [3.05, 3.63) is 59.6 Å². The summed E-state index contributed by atoms with van der Waals surface area (Å²) in [6, 6.07) is 2.00. The van der Waals surface area contributed by atoms with Crippen molar-refractivity contribution < 1.29 is 5.11 Å². The van der Waals surface area contributed by atoms with Gasteiger partial charge in [0.2, 0.25) is 0 Å². The third-order valence-electron chi connectivity index (χ3n) is 4.83. The number of pyridine rings is 1. The Morgan fingerprint density at radius 1 is 1.47 bits per heavy atom. The van der Waals surface area contributed by atoms with Crippen molar-refractivity contribution in [3.8, 4) is 0 Å². The van der Waals surface area contributed by atoms with E-state index < -0.39 is 0 Å². The molecule has 0 fully saturated rings. The van der Waals surface area contributed by atoms with Crippen LogP contribution < -0.4 is 27.0 Å². The van der Waals surface area contributed by atoms with Crippen LogP contribution >= 0.6 is 0 Å². The monoisotopic (exact) mass is 412 g/mol. The number of allylic oxidation sites excluding steroid dienone is 2. The van der Waals surface area contributed by atoms with Gasteiger partial charge in [-0.05, 0) is 25.1 Å². The van der Waals surface area contributed by atoms with Crippen molar-refractivity contribution in [2.45, 2.75) is 13.1 Å². The number of rotatable bonds is 10. The summed E-state index contributed by atoms with van der Waals surface area (Å²) in [4.78, 5) is 8.49. The van der Waals surface area contributed by atoms with Gasteiger partial charge in [-0.2, -0.15) is 0 Å². The molecule has 2 heterocycles. The van der Waals surface area contributed by atoms with Crippen LogP contribution in [0.5, 0.6) is 0 Å². The lowest BCUT2D eigenvalue weighted by molar-refractivity contribution is 0.234. The molecule has 0 amide bonds. The van der Waals surface area contributed by atoms with Gasteiger partial charge in [0.15, 0.2) is 0 Å². The number of aliphatic hydroxyl groups is 1. The fourth-order valence-corrected chi connectivity index (χ4v) is 3.21. The average molecular weight is 413 g/mol. The van der Waals surface area contributed by atoms with Gasteiger partial charge in [-0.3, -0.25) is 4.98 Å². The quantitative estimate of drug-likeness (QED) is 0.242. The van der Waals surface area contributed by atoms with Crippen molar-refractivity contribution in [1.82, 2.24) is 20.5 Å². The maximum absolute atomic E-state index is 9.23. The molecule has 0 saturated carbocycles. The molecule has 2 rings (SSSR count). The first kappa shape index (κ1) is 22.8. The number of nitrogens with one attached hydrogen (secondary N) is 3. The van der Waals surface area contributed by atoms with Crippen LogP contribution in [0, 0.1) is 5.41 Å². The van der Waals surface area contributed by atoms with Gasteiger partial charge in [0, 0.05) is 69.2 Å². The smallest absolute Gasteiger partial charge is 0.120 e. The minimum atomic E-state index is -0.186. The summed E-state index contributed by atoms with van der Waals surface area (Å²) >= 11 is 0. The van der Waals surface area contributed by atoms with E-state index in [0.717, 1.165) is 28.2 Å². The molecule has 1 unspecified atom stereocenters. The zero-order valence-corrected chi connectivity index (χ0v) is 17.8. The van der Waals surface area contributed by atoms with E-state index in [1.807, 2.05) is 42.0 Å². The highest BCUT2D eigenvalue weighted by atomic mass is 16.3. The molecule has 162 valence electrons. The van der Waals surface area contributed by atoms with Crippen LogP contribution in [0.4, 0.5) is 5.69 Å². The zero-order chi connectivity index (χ0) is 22.1. The lowest BCUT2D eigenvalue weighted by Crippen LogP contribution is -2.45. The lowest BCUT2D eigenvalue weighted by Gasteiger charge is -2.33. The molecule has 0 saturated heterocycles. The molecular formula is C21H32N8O. The molecule has 8 N–H and O–H groups in total. The standard InChI is InChI=1S/C21H32N8O/c1-4-29(7-8-30)17(12-23)10-20(24)27-21-6-5-18-19(28(21)3)9-15(14-26-18)16(11-22)13-25-2/h5-6,9-14,21-22,25,27,30H,4,7-8,23-24H2,1-3H3/b16-13+,17-12+,20-10+,22-11?. The third kappa shape index (κ3) is 5.32. The second-order valence-corrected chi connectivity index (χ2v) is 6.71. The van der Waals surface area contributed by atoms with Gasteiger partial charge in [-0.1, -0.05) is 0 Å². The van der Waals surface area contributed by atoms with Crippen molar-refractivity contribution in [2.24, 2.45) is 11.5 Å². The first-order valence-electron chi connectivity index (χ1n) is 9.79. The zero-order valence-electron chi connectivity index (χ0n) is 17.8. The Hall–Kier alpha value is -3.46. The highest BCUT2D eigenvalue weighted by molar-refractivity contribution is 6.08.